The third-order valence-electron chi connectivity index (χ3n) is 4.32. The number of H-pyrrole nitrogens is 1. The van der Waals surface area contributed by atoms with Crippen molar-refractivity contribution in [2.24, 2.45) is 0 Å². The summed E-state index contributed by atoms with van der Waals surface area (Å²) >= 11 is 1.43. The number of hydrogen-bond acceptors (Lipinski definition) is 4. The van der Waals surface area contributed by atoms with E-state index in [1.165, 1.54) is 11.3 Å². The van der Waals surface area contributed by atoms with Crippen molar-refractivity contribution < 1.29 is 14.7 Å². The van der Waals surface area contributed by atoms with E-state index in [0.29, 0.717) is 4.96 Å². The van der Waals surface area contributed by atoms with E-state index in [-0.39, 0.29) is 12.1 Å². The van der Waals surface area contributed by atoms with Crippen LogP contribution in [0.4, 0.5) is 0 Å². The lowest BCUT2D eigenvalue weighted by Gasteiger charge is -2.13. The average Bonchev–Trinajstić information content (AvgIpc) is 3.31. The molecule has 8 heteroatoms. The van der Waals surface area contributed by atoms with E-state index in [1.54, 1.807) is 12.4 Å². The second kappa shape index (κ2) is 6.30. The standard InChI is InChI=1S/C18H16N4O3S/c1-10-9-26-18-21-15(8-22(10)18)16(23)20-14(17(24)25)6-11-7-19-13-5-3-2-4-12(11)13/h2-5,7-9,14,19H,6H2,1H3,(H,20,23)(H,24,25). The van der Waals surface area contributed by atoms with Gasteiger partial charge in [-0.05, 0) is 18.6 Å². The summed E-state index contributed by atoms with van der Waals surface area (Å²) in [5.74, 6) is -1.58. The summed E-state index contributed by atoms with van der Waals surface area (Å²) in [5.41, 5.74) is 2.97. The first-order valence-corrected chi connectivity index (χ1v) is 8.93. The van der Waals surface area contributed by atoms with Crippen LogP contribution in [0.1, 0.15) is 21.7 Å². The van der Waals surface area contributed by atoms with Gasteiger partial charge < -0.3 is 15.4 Å². The number of amides is 1. The molecule has 1 amide bonds. The highest BCUT2D eigenvalue weighted by Gasteiger charge is 2.24. The first kappa shape index (κ1) is 16.3. The highest BCUT2D eigenvalue weighted by Crippen LogP contribution is 2.20. The Bertz CT molecular complexity index is 1120. The van der Waals surface area contributed by atoms with Crippen LogP contribution in [0.3, 0.4) is 0 Å². The molecule has 0 spiro atoms. The molecule has 1 unspecified atom stereocenters. The third kappa shape index (κ3) is 2.84. The van der Waals surface area contributed by atoms with Gasteiger partial charge in [-0.2, -0.15) is 0 Å². The van der Waals surface area contributed by atoms with Crippen molar-refractivity contribution in [1.82, 2.24) is 19.7 Å². The van der Waals surface area contributed by atoms with Crippen molar-refractivity contribution in [2.45, 2.75) is 19.4 Å². The van der Waals surface area contributed by atoms with Gasteiger partial charge in [0.2, 0.25) is 0 Å². The lowest BCUT2D eigenvalue weighted by Crippen LogP contribution is -2.42. The number of carboxylic acids is 1. The van der Waals surface area contributed by atoms with Crippen molar-refractivity contribution in [3.8, 4) is 0 Å². The molecule has 3 N–H and O–H groups in total. The minimum absolute atomic E-state index is 0.187. The summed E-state index contributed by atoms with van der Waals surface area (Å²) in [5, 5.41) is 15.0. The largest absolute Gasteiger partial charge is 0.480 e. The molecule has 3 heterocycles. The van der Waals surface area contributed by atoms with Gasteiger partial charge in [0.1, 0.15) is 11.7 Å². The van der Waals surface area contributed by atoms with Gasteiger partial charge in [0.25, 0.3) is 5.91 Å². The summed E-state index contributed by atoms with van der Waals surface area (Å²) in [6, 6.07) is 6.61. The Balaban J connectivity index is 1.56. The summed E-state index contributed by atoms with van der Waals surface area (Å²) in [4.78, 5) is 32.2. The predicted octanol–water partition coefficient (Wildman–Crippen LogP) is 2.61. The molecule has 0 saturated carbocycles. The maximum absolute atomic E-state index is 12.5. The van der Waals surface area contributed by atoms with Gasteiger partial charge in [0.15, 0.2) is 4.96 Å². The number of aromatic nitrogens is 3. The van der Waals surface area contributed by atoms with Crippen LogP contribution >= 0.6 is 11.3 Å². The Morgan fingerprint density at radius 3 is 2.96 bits per heavy atom. The lowest BCUT2D eigenvalue weighted by molar-refractivity contribution is -0.139. The SMILES string of the molecule is Cc1csc2nc(C(=O)NC(Cc3c[nH]c4ccccc34)C(=O)O)cn12. The zero-order chi connectivity index (χ0) is 18.3. The number of imidazole rings is 1. The number of carbonyl (C=O) groups excluding carboxylic acids is 1. The van der Waals surface area contributed by atoms with Gasteiger partial charge in [-0.15, -0.1) is 11.3 Å². The Morgan fingerprint density at radius 2 is 2.19 bits per heavy atom. The number of benzene rings is 1. The fourth-order valence-electron chi connectivity index (χ4n) is 2.96. The molecule has 1 atom stereocenters. The smallest absolute Gasteiger partial charge is 0.326 e. The second-order valence-electron chi connectivity index (χ2n) is 6.08. The predicted molar refractivity (Wildman–Crippen MR) is 98.7 cm³/mol. The van der Waals surface area contributed by atoms with Crippen molar-refractivity contribution in [3.63, 3.8) is 0 Å². The van der Waals surface area contributed by atoms with Crippen molar-refractivity contribution in [1.29, 1.82) is 0 Å². The molecule has 0 aliphatic heterocycles. The number of fused-ring (bicyclic) bond motifs is 2. The molecule has 3 aromatic heterocycles. The van der Waals surface area contributed by atoms with Crippen LogP contribution in [0.5, 0.6) is 0 Å². The lowest BCUT2D eigenvalue weighted by atomic mass is 10.0. The molecule has 0 saturated heterocycles. The number of carboxylic acid groups (broad SMARTS) is 1. The van der Waals surface area contributed by atoms with Gasteiger partial charge in [0, 0.05) is 40.8 Å². The minimum atomic E-state index is -1.08. The molecular weight excluding hydrogens is 352 g/mol. The van der Waals surface area contributed by atoms with Gasteiger partial charge in [-0.3, -0.25) is 9.20 Å². The normalized spacial score (nSPS) is 12.5. The maximum Gasteiger partial charge on any atom is 0.326 e. The fraction of sp³-hybridized carbons (Fsp3) is 0.167. The first-order valence-electron chi connectivity index (χ1n) is 8.05. The van der Waals surface area contributed by atoms with E-state index in [4.69, 9.17) is 0 Å². The van der Waals surface area contributed by atoms with E-state index >= 15 is 0 Å². The number of nitrogens with zero attached hydrogens (tertiary/aromatic N) is 2. The van der Waals surface area contributed by atoms with Crippen LogP contribution in [-0.2, 0) is 11.2 Å². The number of nitrogens with one attached hydrogen (secondary N) is 2. The molecule has 0 bridgehead atoms. The van der Waals surface area contributed by atoms with Crippen LogP contribution in [0, 0.1) is 6.92 Å². The monoisotopic (exact) mass is 368 g/mol. The number of aryl methyl sites for hydroxylation is 1. The second-order valence-corrected chi connectivity index (χ2v) is 6.92. The van der Waals surface area contributed by atoms with Gasteiger partial charge >= 0.3 is 5.97 Å². The molecule has 1 aromatic carbocycles. The number of thiazole rings is 1. The third-order valence-corrected chi connectivity index (χ3v) is 5.28. The van der Waals surface area contributed by atoms with Crippen LogP contribution in [-0.4, -0.2) is 37.4 Å². The Kier molecular flexibility index (Phi) is 3.96. The van der Waals surface area contributed by atoms with Crippen LogP contribution in [0.15, 0.2) is 42.0 Å². The zero-order valence-corrected chi connectivity index (χ0v) is 14.7. The summed E-state index contributed by atoms with van der Waals surface area (Å²) in [6.07, 6.45) is 3.59. The summed E-state index contributed by atoms with van der Waals surface area (Å²) < 4.78 is 1.81. The topological polar surface area (TPSA) is 99.5 Å². The average molecular weight is 368 g/mol. The van der Waals surface area contributed by atoms with Crippen molar-refractivity contribution in [2.75, 3.05) is 0 Å². The van der Waals surface area contributed by atoms with E-state index in [0.717, 1.165) is 22.2 Å². The van der Waals surface area contributed by atoms with E-state index < -0.39 is 17.9 Å². The van der Waals surface area contributed by atoms with Gasteiger partial charge in [-0.1, -0.05) is 18.2 Å². The Hall–Kier alpha value is -3.13. The van der Waals surface area contributed by atoms with Crippen LogP contribution in [0.25, 0.3) is 15.9 Å². The molecule has 4 rings (SSSR count). The number of rotatable bonds is 5. The quantitative estimate of drug-likeness (QED) is 0.504. The van der Waals surface area contributed by atoms with Crippen LogP contribution in [0.2, 0.25) is 0 Å². The van der Waals surface area contributed by atoms with Crippen LogP contribution < -0.4 is 5.32 Å². The maximum atomic E-state index is 12.5. The van der Waals surface area contributed by atoms with E-state index in [2.05, 4.69) is 15.3 Å². The van der Waals surface area contributed by atoms with Crippen molar-refractivity contribution >= 4 is 39.1 Å². The molecule has 4 aromatic rings. The molecule has 0 radical (unpaired) electrons. The number of carbonyl (C=O) groups is 2. The molecule has 0 fully saturated rings. The van der Waals surface area contributed by atoms with E-state index in [1.807, 2.05) is 41.0 Å². The number of para-hydroxylation sites is 1. The minimum Gasteiger partial charge on any atom is -0.480 e. The fourth-order valence-corrected chi connectivity index (χ4v) is 3.81. The molecular formula is C18H16N4O3S. The molecule has 7 nitrogen and oxygen atoms in total. The summed E-state index contributed by atoms with van der Waals surface area (Å²) in [7, 11) is 0. The molecule has 26 heavy (non-hydrogen) atoms. The molecule has 132 valence electrons. The number of aromatic amines is 1. The highest BCUT2D eigenvalue weighted by atomic mass is 32.1. The zero-order valence-electron chi connectivity index (χ0n) is 13.9. The number of hydrogen-bond donors (Lipinski definition) is 3. The van der Waals surface area contributed by atoms with E-state index in [9.17, 15) is 14.7 Å². The highest BCUT2D eigenvalue weighted by molar-refractivity contribution is 7.15. The Labute approximate surface area is 152 Å². The van der Waals surface area contributed by atoms with Gasteiger partial charge in [0.05, 0.1) is 0 Å². The first-order chi connectivity index (χ1) is 12.5. The number of aliphatic carboxylic acids is 1. The molecule has 0 aliphatic rings. The Morgan fingerprint density at radius 1 is 1.38 bits per heavy atom. The molecule has 0 aliphatic carbocycles. The van der Waals surface area contributed by atoms with Gasteiger partial charge in [-0.25, -0.2) is 9.78 Å². The summed E-state index contributed by atoms with van der Waals surface area (Å²) in [6.45, 7) is 1.92. The van der Waals surface area contributed by atoms with Crippen molar-refractivity contribution in [3.05, 3.63) is 59.0 Å².